The van der Waals surface area contributed by atoms with Crippen LogP contribution in [0, 0.1) is 11.3 Å². The standard InChI is InChI=1S/C22H23NO6S/c1-3-29-19(25)15-9-11-21(14-15)18-13-17(24)10-12-22(18,16-7-5-4-6-8-16)23(20(21)26)30(2,27)28/h4-10,12,18H,3,11,13-14H2,1-2H3/t18-,21+,22+/m1/s1. The number of allylic oxidation sites excluding steroid dienone is 2. The number of carbonyl (C=O) groups excluding carboxylic acids is 3. The molecule has 0 aromatic heterocycles. The van der Waals surface area contributed by atoms with Gasteiger partial charge in [-0.15, -0.1) is 0 Å². The highest BCUT2D eigenvalue weighted by Crippen LogP contribution is 2.63. The van der Waals surface area contributed by atoms with Gasteiger partial charge in [-0.05, 0) is 37.5 Å². The van der Waals surface area contributed by atoms with E-state index in [2.05, 4.69) is 0 Å². The van der Waals surface area contributed by atoms with Crippen LogP contribution in [0.3, 0.4) is 0 Å². The van der Waals surface area contributed by atoms with Crippen molar-refractivity contribution in [3.8, 4) is 0 Å². The molecular formula is C22H23NO6S. The molecule has 158 valence electrons. The fraction of sp³-hybridized carbons (Fsp3) is 0.409. The number of carbonyl (C=O) groups is 3. The second kappa shape index (κ2) is 6.91. The van der Waals surface area contributed by atoms with E-state index in [4.69, 9.17) is 4.74 Å². The lowest BCUT2D eigenvalue weighted by atomic mass is 9.62. The number of ketones is 1. The molecule has 1 aromatic carbocycles. The highest BCUT2D eigenvalue weighted by Gasteiger charge is 2.70. The van der Waals surface area contributed by atoms with Crippen LogP contribution in [-0.2, 0) is 34.7 Å². The number of hydrogen-bond acceptors (Lipinski definition) is 6. The van der Waals surface area contributed by atoms with Gasteiger partial charge < -0.3 is 4.74 Å². The molecule has 1 amide bonds. The molecule has 30 heavy (non-hydrogen) atoms. The molecule has 0 N–H and O–H groups in total. The Hall–Kier alpha value is -2.74. The van der Waals surface area contributed by atoms with Gasteiger partial charge in [0.2, 0.25) is 15.9 Å². The van der Waals surface area contributed by atoms with Crippen LogP contribution in [-0.4, -0.2) is 43.2 Å². The molecule has 1 aliphatic heterocycles. The first-order valence-corrected chi connectivity index (χ1v) is 11.7. The summed E-state index contributed by atoms with van der Waals surface area (Å²) in [5, 5.41) is 0. The summed E-state index contributed by atoms with van der Waals surface area (Å²) in [6.45, 7) is 1.89. The number of fused-ring (bicyclic) bond motifs is 2. The molecule has 1 fully saturated rings. The molecule has 2 aliphatic carbocycles. The maximum atomic E-state index is 13.8. The topological polar surface area (TPSA) is 97.8 Å². The Morgan fingerprint density at radius 2 is 1.93 bits per heavy atom. The third-order valence-electron chi connectivity index (χ3n) is 6.40. The minimum Gasteiger partial charge on any atom is -0.463 e. The van der Waals surface area contributed by atoms with Crippen molar-refractivity contribution in [3.05, 3.63) is 59.7 Å². The van der Waals surface area contributed by atoms with Gasteiger partial charge in [-0.1, -0.05) is 36.4 Å². The van der Waals surface area contributed by atoms with Gasteiger partial charge in [-0.3, -0.25) is 9.59 Å². The van der Waals surface area contributed by atoms with Crippen molar-refractivity contribution in [2.75, 3.05) is 12.9 Å². The SMILES string of the molecule is CCOC(=O)C1=CC[C@@]2(C1)C(=O)N(S(C)(=O)=O)[C@]1(c3ccccc3)C=CC(=O)C[C@H]21. The Bertz CT molecular complexity index is 1090. The Kier molecular flexibility index (Phi) is 4.73. The molecule has 7 nitrogen and oxygen atoms in total. The molecule has 4 rings (SSSR count). The second-order valence-electron chi connectivity index (χ2n) is 8.07. The third-order valence-corrected chi connectivity index (χ3v) is 7.53. The minimum absolute atomic E-state index is 0.0209. The van der Waals surface area contributed by atoms with E-state index < -0.39 is 38.8 Å². The first-order chi connectivity index (χ1) is 14.2. The van der Waals surface area contributed by atoms with Crippen molar-refractivity contribution in [1.29, 1.82) is 0 Å². The lowest BCUT2D eigenvalue weighted by Crippen LogP contribution is -2.49. The lowest BCUT2D eigenvalue weighted by Gasteiger charge is -2.42. The quantitative estimate of drug-likeness (QED) is 0.680. The van der Waals surface area contributed by atoms with Gasteiger partial charge in [0.15, 0.2) is 5.78 Å². The summed E-state index contributed by atoms with van der Waals surface area (Å²) in [6, 6.07) is 8.90. The van der Waals surface area contributed by atoms with E-state index >= 15 is 0 Å². The molecule has 0 radical (unpaired) electrons. The van der Waals surface area contributed by atoms with E-state index in [1.54, 1.807) is 49.4 Å². The van der Waals surface area contributed by atoms with Crippen molar-refractivity contribution >= 4 is 27.7 Å². The normalized spacial score (nSPS) is 30.5. The van der Waals surface area contributed by atoms with Crippen LogP contribution in [0.5, 0.6) is 0 Å². The second-order valence-corrected chi connectivity index (χ2v) is 9.90. The summed E-state index contributed by atoms with van der Waals surface area (Å²) in [4.78, 5) is 38.5. The lowest BCUT2D eigenvalue weighted by molar-refractivity contribution is -0.139. The maximum absolute atomic E-state index is 13.8. The Labute approximate surface area is 175 Å². The number of hydrogen-bond donors (Lipinski definition) is 0. The van der Waals surface area contributed by atoms with Gasteiger partial charge in [0.25, 0.3) is 0 Å². The number of esters is 1. The zero-order valence-electron chi connectivity index (χ0n) is 16.8. The van der Waals surface area contributed by atoms with Crippen LogP contribution in [0.2, 0.25) is 0 Å². The summed E-state index contributed by atoms with van der Waals surface area (Å²) >= 11 is 0. The highest BCUT2D eigenvalue weighted by molar-refractivity contribution is 7.89. The first-order valence-electron chi connectivity index (χ1n) is 9.85. The highest BCUT2D eigenvalue weighted by atomic mass is 32.2. The molecular weight excluding hydrogens is 406 g/mol. The summed E-state index contributed by atoms with van der Waals surface area (Å²) < 4.78 is 31.8. The molecule has 1 heterocycles. The van der Waals surface area contributed by atoms with Crippen LogP contribution in [0.1, 0.15) is 31.7 Å². The molecule has 1 aromatic rings. The molecule has 8 heteroatoms. The van der Waals surface area contributed by atoms with Gasteiger partial charge in [0.1, 0.15) is 5.54 Å². The molecule has 1 saturated heterocycles. The van der Waals surface area contributed by atoms with E-state index in [1.165, 1.54) is 6.08 Å². The van der Waals surface area contributed by atoms with E-state index in [-0.39, 0.29) is 31.7 Å². The fourth-order valence-electron chi connectivity index (χ4n) is 5.25. The number of sulfonamides is 1. The van der Waals surface area contributed by atoms with Gasteiger partial charge >= 0.3 is 5.97 Å². The van der Waals surface area contributed by atoms with Gasteiger partial charge in [-0.25, -0.2) is 17.5 Å². The number of nitrogens with zero attached hydrogens (tertiary/aromatic N) is 1. The Morgan fingerprint density at radius 3 is 2.57 bits per heavy atom. The molecule has 3 aliphatic rings. The average Bonchev–Trinajstić information content (AvgIpc) is 3.23. The third kappa shape index (κ3) is 2.77. The minimum atomic E-state index is -3.98. The summed E-state index contributed by atoms with van der Waals surface area (Å²) in [5.41, 5.74) is -1.53. The predicted molar refractivity (Wildman–Crippen MR) is 108 cm³/mol. The number of rotatable bonds is 4. The van der Waals surface area contributed by atoms with Crippen molar-refractivity contribution in [2.24, 2.45) is 11.3 Å². The molecule has 0 bridgehead atoms. The molecule has 1 spiro atoms. The van der Waals surface area contributed by atoms with Gasteiger partial charge in [0.05, 0.1) is 18.3 Å². The monoisotopic (exact) mass is 429 g/mol. The zero-order valence-corrected chi connectivity index (χ0v) is 17.6. The van der Waals surface area contributed by atoms with Crippen LogP contribution >= 0.6 is 0 Å². The van der Waals surface area contributed by atoms with Crippen molar-refractivity contribution in [3.63, 3.8) is 0 Å². The Morgan fingerprint density at radius 1 is 1.23 bits per heavy atom. The molecule has 0 saturated carbocycles. The summed E-state index contributed by atoms with van der Waals surface area (Å²) in [6.07, 6.45) is 5.83. The average molecular weight is 429 g/mol. The van der Waals surface area contributed by atoms with Crippen LogP contribution < -0.4 is 0 Å². The predicted octanol–water partition coefficient (Wildman–Crippen LogP) is 2.10. The van der Waals surface area contributed by atoms with Crippen molar-refractivity contribution in [2.45, 2.75) is 31.7 Å². The zero-order chi connectivity index (χ0) is 21.7. The smallest absolute Gasteiger partial charge is 0.333 e. The fourth-order valence-corrected chi connectivity index (χ4v) is 6.57. The van der Waals surface area contributed by atoms with Crippen LogP contribution in [0.15, 0.2) is 54.1 Å². The van der Waals surface area contributed by atoms with Gasteiger partial charge in [-0.2, -0.15) is 0 Å². The van der Waals surface area contributed by atoms with E-state index in [1.807, 2.05) is 0 Å². The van der Waals surface area contributed by atoms with Crippen molar-refractivity contribution < 1.29 is 27.5 Å². The van der Waals surface area contributed by atoms with E-state index in [9.17, 15) is 22.8 Å². The first kappa shape index (κ1) is 20.5. The molecule has 0 unspecified atom stereocenters. The number of benzene rings is 1. The number of amides is 1. The number of ether oxygens (including phenoxy) is 1. The van der Waals surface area contributed by atoms with E-state index in [0.717, 1.165) is 10.6 Å². The van der Waals surface area contributed by atoms with Crippen LogP contribution in [0.4, 0.5) is 0 Å². The molecule has 3 atom stereocenters. The van der Waals surface area contributed by atoms with Crippen LogP contribution in [0.25, 0.3) is 0 Å². The van der Waals surface area contributed by atoms with E-state index in [0.29, 0.717) is 11.1 Å². The summed E-state index contributed by atoms with van der Waals surface area (Å²) in [7, 11) is -3.98. The Balaban J connectivity index is 1.92. The van der Waals surface area contributed by atoms with Gasteiger partial charge in [0, 0.05) is 17.9 Å². The van der Waals surface area contributed by atoms with Crippen molar-refractivity contribution in [1.82, 2.24) is 4.31 Å². The summed E-state index contributed by atoms with van der Waals surface area (Å²) in [5.74, 6) is -1.88. The maximum Gasteiger partial charge on any atom is 0.333 e. The largest absolute Gasteiger partial charge is 0.463 e.